The van der Waals surface area contributed by atoms with E-state index in [-0.39, 0.29) is 18.4 Å². The third-order valence-electron chi connectivity index (χ3n) is 3.66. The number of nitrogens with one attached hydrogen (secondary N) is 1. The van der Waals surface area contributed by atoms with Crippen molar-refractivity contribution in [3.63, 3.8) is 0 Å². The molecular weight excluding hydrogens is 316 g/mol. The van der Waals surface area contributed by atoms with Crippen molar-refractivity contribution in [2.75, 3.05) is 35.8 Å². The second-order valence-electron chi connectivity index (χ2n) is 5.72. The Hall–Kier alpha value is -3.33. The number of para-hydroxylation sites is 1. The average Bonchev–Trinajstić information content (AvgIpc) is 2.60. The van der Waals surface area contributed by atoms with Gasteiger partial charge in [0.1, 0.15) is 12.6 Å². The van der Waals surface area contributed by atoms with Gasteiger partial charge < -0.3 is 15.1 Å². The van der Waals surface area contributed by atoms with Gasteiger partial charge >= 0.3 is 0 Å². The quantitative estimate of drug-likeness (QED) is 0.910. The Bertz CT molecular complexity index is 807. The number of carbonyl (C=O) groups excluding carboxylic acids is 2. The molecule has 128 valence electrons. The van der Waals surface area contributed by atoms with E-state index in [4.69, 9.17) is 0 Å². The summed E-state index contributed by atoms with van der Waals surface area (Å²) in [5.41, 5.74) is 2.44. The molecule has 0 unspecified atom stereocenters. The summed E-state index contributed by atoms with van der Waals surface area (Å²) in [4.78, 5) is 27.5. The maximum Gasteiger partial charge on any atom is 0.244 e. The molecule has 25 heavy (non-hydrogen) atoms. The maximum atomic E-state index is 12.3. The van der Waals surface area contributed by atoms with Crippen LogP contribution in [0.15, 0.2) is 48.5 Å². The molecule has 6 heteroatoms. The molecule has 2 amide bonds. The largest absolute Gasteiger partial charge is 0.378 e. The molecule has 0 aliphatic heterocycles. The van der Waals surface area contributed by atoms with E-state index in [9.17, 15) is 14.9 Å². The van der Waals surface area contributed by atoms with E-state index < -0.39 is 0 Å². The molecule has 0 aromatic heterocycles. The molecule has 0 fully saturated rings. The molecule has 2 aromatic carbocycles. The van der Waals surface area contributed by atoms with Gasteiger partial charge in [-0.3, -0.25) is 9.59 Å². The summed E-state index contributed by atoms with van der Waals surface area (Å²) in [6.45, 7) is 1.21. The number of hydrogen-bond acceptors (Lipinski definition) is 4. The first-order valence-corrected chi connectivity index (χ1v) is 7.77. The molecule has 0 bridgehead atoms. The maximum absolute atomic E-state index is 12.3. The van der Waals surface area contributed by atoms with Crippen molar-refractivity contribution in [3.05, 3.63) is 54.1 Å². The number of benzene rings is 2. The van der Waals surface area contributed by atoms with Crippen molar-refractivity contribution >= 4 is 28.9 Å². The lowest BCUT2D eigenvalue weighted by atomic mass is 10.1. The topological polar surface area (TPSA) is 76.4 Å². The summed E-state index contributed by atoms with van der Waals surface area (Å²) in [5.74, 6) is -0.638. The van der Waals surface area contributed by atoms with Crippen LogP contribution in [0.5, 0.6) is 0 Å². The van der Waals surface area contributed by atoms with Gasteiger partial charge in [-0.1, -0.05) is 12.1 Å². The molecule has 0 saturated heterocycles. The van der Waals surface area contributed by atoms with Gasteiger partial charge in [-0.05, 0) is 36.4 Å². The Morgan fingerprint density at radius 2 is 1.72 bits per heavy atom. The van der Waals surface area contributed by atoms with Gasteiger partial charge in [0.05, 0.1) is 11.3 Å². The van der Waals surface area contributed by atoms with Crippen LogP contribution in [0.1, 0.15) is 12.5 Å². The van der Waals surface area contributed by atoms with Gasteiger partial charge in [0.15, 0.2) is 0 Å². The summed E-state index contributed by atoms with van der Waals surface area (Å²) in [6, 6.07) is 16.1. The van der Waals surface area contributed by atoms with Gasteiger partial charge in [0.25, 0.3) is 0 Å². The molecule has 0 aliphatic carbocycles. The van der Waals surface area contributed by atoms with Crippen LogP contribution in [0.25, 0.3) is 0 Å². The highest BCUT2D eigenvalue weighted by molar-refractivity contribution is 6.02. The molecule has 2 aromatic rings. The molecule has 0 radical (unpaired) electrons. The molecule has 0 saturated carbocycles. The number of rotatable bonds is 5. The highest BCUT2D eigenvalue weighted by atomic mass is 16.2. The lowest BCUT2D eigenvalue weighted by Crippen LogP contribution is -2.37. The van der Waals surface area contributed by atoms with E-state index in [1.165, 1.54) is 11.8 Å². The lowest BCUT2D eigenvalue weighted by molar-refractivity contribution is -0.120. The number of nitriles is 1. The van der Waals surface area contributed by atoms with Gasteiger partial charge in [0, 0.05) is 32.4 Å². The predicted octanol–water partition coefficient (Wildman–Crippen LogP) is 2.62. The van der Waals surface area contributed by atoms with Crippen LogP contribution >= 0.6 is 0 Å². The highest BCUT2D eigenvalue weighted by Gasteiger charge is 2.18. The van der Waals surface area contributed by atoms with Crippen LogP contribution in [-0.2, 0) is 9.59 Å². The monoisotopic (exact) mass is 336 g/mol. The smallest absolute Gasteiger partial charge is 0.244 e. The molecule has 0 spiro atoms. The normalized spacial score (nSPS) is 9.84. The van der Waals surface area contributed by atoms with Crippen molar-refractivity contribution in [3.8, 4) is 6.07 Å². The molecular formula is C19H20N4O2. The first kappa shape index (κ1) is 18.0. The first-order valence-electron chi connectivity index (χ1n) is 7.77. The van der Waals surface area contributed by atoms with Crippen LogP contribution < -0.4 is 15.1 Å². The third kappa shape index (κ3) is 4.58. The van der Waals surface area contributed by atoms with Gasteiger partial charge in [-0.15, -0.1) is 0 Å². The zero-order chi connectivity index (χ0) is 18.4. The van der Waals surface area contributed by atoms with Crippen molar-refractivity contribution in [2.24, 2.45) is 0 Å². The van der Waals surface area contributed by atoms with Crippen LogP contribution in [0, 0.1) is 11.3 Å². The Labute approximate surface area is 147 Å². The second kappa shape index (κ2) is 7.97. The van der Waals surface area contributed by atoms with E-state index in [1.54, 1.807) is 36.4 Å². The molecule has 0 aliphatic rings. The van der Waals surface area contributed by atoms with E-state index in [2.05, 4.69) is 5.32 Å². The Morgan fingerprint density at radius 3 is 2.28 bits per heavy atom. The molecule has 6 nitrogen and oxygen atoms in total. The van der Waals surface area contributed by atoms with Gasteiger partial charge in [-0.25, -0.2) is 0 Å². The molecule has 0 heterocycles. The standard InChI is InChI=1S/C19H20N4O2/c1-14(24)23(18-7-5-4-6-15(18)12-20)13-19(25)21-16-8-10-17(11-9-16)22(2)3/h4-11H,13H2,1-3H3,(H,21,25). The molecule has 0 atom stereocenters. The Morgan fingerprint density at radius 1 is 1.08 bits per heavy atom. The minimum atomic E-state index is -0.333. The fraction of sp³-hybridized carbons (Fsp3) is 0.211. The first-order chi connectivity index (χ1) is 11.9. The SMILES string of the molecule is CC(=O)N(CC(=O)Nc1ccc(N(C)C)cc1)c1ccccc1C#N. The van der Waals surface area contributed by atoms with Crippen molar-refractivity contribution in [1.29, 1.82) is 5.26 Å². The fourth-order valence-electron chi connectivity index (χ4n) is 2.36. The molecule has 2 rings (SSSR count). The second-order valence-corrected chi connectivity index (χ2v) is 5.72. The van der Waals surface area contributed by atoms with Crippen LogP contribution in [0.2, 0.25) is 0 Å². The van der Waals surface area contributed by atoms with E-state index in [0.717, 1.165) is 5.69 Å². The Balaban J connectivity index is 2.13. The number of carbonyl (C=O) groups is 2. The van der Waals surface area contributed by atoms with Crippen LogP contribution in [0.4, 0.5) is 17.1 Å². The lowest BCUT2D eigenvalue weighted by Gasteiger charge is -2.21. The van der Waals surface area contributed by atoms with E-state index in [1.807, 2.05) is 37.2 Å². The van der Waals surface area contributed by atoms with Crippen LogP contribution in [-0.4, -0.2) is 32.5 Å². The third-order valence-corrected chi connectivity index (χ3v) is 3.66. The summed E-state index contributed by atoms with van der Waals surface area (Å²) < 4.78 is 0. The summed E-state index contributed by atoms with van der Waals surface area (Å²) in [6.07, 6.45) is 0. The number of hydrogen-bond donors (Lipinski definition) is 1. The average molecular weight is 336 g/mol. The van der Waals surface area contributed by atoms with Gasteiger partial charge in [0.2, 0.25) is 11.8 Å². The Kier molecular flexibility index (Phi) is 5.75. The minimum absolute atomic E-state index is 0.163. The summed E-state index contributed by atoms with van der Waals surface area (Å²) >= 11 is 0. The molecule has 1 N–H and O–H groups in total. The van der Waals surface area contributed by atoms with Crippen molar-refractivity contribution in [2.45, 2.75) is 6.92 Å². The zero-order valence-corrected chi connectivity index (χ0v) is 14.5. The van der Waals surface area contributed by atoms with Gasteiger partial charge in [-0.2, -0.15) is 5.26 Å². The summed E-state index contributed by atoms with van der Waals surface area (Å²) in [5, 5.41) is 12.0. The highest BCUT2D eigenvalue weighted by Crippen LogP contribution is 2.20. The number of anilines is 3. The number of amides is 2. The predicted molar refractivity (Wildman–Crippen MR) is 98.6 cm³/mol. The summed E-state index contributed by atoms with van der Waals surface area (Å²) in [7, 11) is 3.87. The fourth-order valence-corrected chi connectivity index (χ4v) is 2.36. The minimum Gasteiger partial charge on any atom is -0.378 e. The van der Waals surface area contributed by atoms with E-state index in [0.29, 0.717) is 16.9 Å². The number of nitrogens with zero attached hydrogens (tertiary/aromatic N) is 3. The van der Waals surface area contributed by atoms with Crippen molar-refractivity contribution in [1.82, 2.24) is 0 Å². The van der Waals surface area contributed by atoms with Crippen LogP contribution in [0.3, 0.4) is 0 Å². The van der Waals surface area contributed by atoms with Crippen molar-refractivity contribution < 1.29 is 9.59 Å². The van der Waals surface area contributed by atoms with E-state index >= 15 is 0 Å². The zero-order valence-electron chi connectivity index (χ0n) is 14.5.